The maximum Gasteiger partial charge on any atom is 0.185 e. The molecule has 6 heteroatoms. The molecular formula is C10H14N4OS. The molecule has 0 aromatic carbocycles. The highest BCUT2D eigenvalue weighted by atomic mass is 32.2. The van der Waals surface area contributed by atoms with Crippen molar-refractivity contribution in [2.45, 2.75) is 11.7 Å². The van der Waals surface area contributed by atoms with Gasteiger partial charge in [-0.25, -0.2) is 9.67 Å². The fourth-order valence-corrected chi connectivity index (χ4v) is 2.04. The van der Waals surface area contributed by atoms with Crippen LogP contribution in [0.15, 0.2) is 34.5 Å². The van der Waals surface area contributed by atoms with Crippen molar-refractivity contribution in [3.63, 3.8) is 0 Å². The summed E-state index contributed by atoms with van der Waals surface area (Å²) in [6.07, 6.45) is 5.01. The zero-order valence-electron chi connectivity index (χ0n) is 9.09. The van der Waals surface area contributed by atoms with Crippen molar-refractivity contribution < 1.29 is 4.42 Å². The number of hydrogen-bond donors (Lipinski definition) is 1. The number of furan rings is 1. The Balaban J connectivity index is 1.61. The van der Waals surface area contributed by atoms with Crippen LogP contribution in [0.4, 0.5) is 0 Å². The van der Waals surface area contributed by atoms with E-state index >= 15 is 0 Å². The fraction of sp³-hybridized carbons (Fsp3) is 0.400. The van der Waals surface area contributed by atoms with Gasteiger partial charge in [0.1, 0.15) is 6.33 Å². The SMILES string of the molecule is Cn1ncnc1SCCNCc1ccoc1. The molecule has 0 radical (unpaired) electrons. The molecule has 0 unspecified atom stereocenters. The monoisotopic (exact) mass is 238 g/mol. The van der Waals surface area contributed by atoms with E-state index in [0.717, 1.165) is 24.0 Å². The summed E-state index contributed by atoms with van der Waals surface area (Å²) in [5.41, 5.74) is 1.17. The van der Waals surface area contributed by atoms with Crippen molar-refractivity contribution in [1.29, 1.82) is 0 Å². The summed E-state index contributed by atoms with van der Waals surface area (Å²) in [7, 11) is 1.90. The number of hydrogen-bond acceptors (Lipinski definition) is 5. The van der Waals surface area contributed by atoms with E-state index in [4.69, 9.17) is 4.42 Å². The molecule has 0 atom stereocenters. The number of rotatable bonds is 6. The average molecular weight is 238 g/mol. The van der Waals surface area contributed by atoms with Crippen LogP contribution in [-0.2, 0) is 13.6 Å². The molecule has 2 aromatic rings. The first-order valence-electron chi connectivity index (χ1n) is 5.05. The van der Waals surface area contributed by atoms with Gasteiger partial charge >= 0.3 is 0 Å². The molecule has 86 valence electrons. The van der Waals surface area contributed by atoms with Crippen LogP contribution in [0.2, 0.25) is 0 Å². The Hall–Kier alpha value is -1.27. The largest absolute Gasteiger partial charge is 0.472 e. The Morgan fingerprint density at radius 2 is 2.50 bits per heavy atom. The zero-order valence-corrected chi connectivity index (χ0v) is 9.91. The quantitative estimate of drug-likeness (QED) is 0.607. The highest BCUT2D eigenvalue weighted by Crippen LogP contribution is 2.11. The summed E-state index contributed by atoms with van der Waals surface area (Å²) in [6, 6.07) is 1.96. The van der Waals surface area contributed by atoms with E-state index in [-0.39, 0.29) is 0 Å². The zero-order chi connectivity index (χ0) is 11.2. The van der Waals surface area contributed by atoms with Crippen molar-refractivity contribution >= 4 is 11.8 Å². The van der Waals surface area contributed by atoms with E-state index in [9.17, 15) is 0 Å². The second-order valence-corrected chi connectivity index (χ2v) is 4.39. The van der Waals surface area contributed by atoms with Crippen LogP contribution in [0.25, 0.3) is 0 Å². The van der Waals surface area contributed by atoms with Gasteiger partial charge in [0.25, 0.3) is 0 Å². The second kappa shape index (κ2) is 5.72. The van der Waals surface area contributed by atoms with E-state index in [0.29, 0.717) is 0 Å². The van der Waals surface area contributed by atoms with Gasteiger partial charge in [-0.2, -0.15) is 5.10 Å². The molecule has 0 spiro atoms. The van der Waals surface area contributed by atoms with Crippen LogP contribution in [0.3, 0.4) is 0 Å². The lowest BCUT2D eigenvalue weighted by molar-refractivity contribution is 0.561. The Kier molecular flexibility index (Phi) is 4.01. The van der Waals surface area contributed by atoms with Crippen LogP contribution < -0.4 is 5.32 Å². The van der Waals surface area contributed by atoms with Crippen molar-refractivity contribution in [2.24, 2.45) is 7.05 Å². The highest BCUT2D eigenvalue weighted by Gasteiger charge is 2.00. The fourth-order valence-electron chi connectivity index (χ4n) is 1.26. The molecule has 1 N–H and O–H groups in total. The Morgan fingerprint density at radius 3 is 3.19 bits per heavy atom. The molecule has 0 bridgehead atoms. The van der Waals surface area contributed by atoms with Gasteiger partial charge in [0.2, 0.25) is 0 Å². The summed E-state index contributed by atoms with van der Waals surface area (Å²) in [5.74, 6) is 0.977. The number of nitrogens with one attached hydrogen (secondary N) is 1. The van der Waals surface area contributed by atoms with Gasteiger partial charge < -0.3 is 9.73 Å². The van der Waals surface area contributed by atoms with E-state index in [2.05, 4.69) is 15.4 Å². The molecule has 0 aliphatic carbocycles. The third-order valence-corrected chi connectivity index (χ3v) is 3.13. The lowest BCUT2D eigenvalue weighted by Crippen LogP contribution is -2.16. The molecule has 16 heavy (non-hydrogen) atoms. The maximum atomic E-state index is 4.98. The standard InChI is InChI=1S/C10H14N4OS/c1-14-10(12-8-13-14)16-5-3-11-6-9-2-4-15-7-9/h2,4,7-8,11H,3,5-6H2,1H3. The van der Waals surface area contributed by atoms with Crippen LogP contribution in [0, 0.1) is 0 Å². The van der Waals surface area contributed by atoms with Crippen LogP contribution in [-0.4, -0.2) is 27.1 Å². The summed E-state index contributed by atoms with van der Waals surface area (Å²) in [4.78, 5) is 4.14. The van der Waals surface area contributed by atoms with Crippen LogP contribution >= 0.6 is 11.8 Å². The molecule has 2 aromatic heterocycles. The molecule has 5 nitrogen and oxygen atoms in total. The first kappa shape index (κ1) is 11.2. The molecule has 2 heterocycles. The van der Waals surface area contributed by atoms with E-state index in [1.807, 2.05) is 13.1 Å². The van der Waals surface area contributed by atoms with Crippen molar-refractivity contribution in [3.05, 3.63) is 30.5 Å². The molecule has 2 rings (SSSR count). The van der Waals surface area contributed by atoms with Gasteiger partial charge in [0.15, 0.2) is 5.16 Å². The van der Waals surface area contributed by atoms with Gasteiger partial charge in [-0.1, -0.05) is 11.8 Å². The number of aromatic nitrogens is 3. The van der Waals surface area contributed by atoms with E-state index < -0.39 is 0 Å². The summed E-state index contributed by atoms with van der Waals surface area (Å²) in [5, 5.41) is 8.29. The number of nitrogens with zero attached hydrogens (tertiary/aromatic N) is 3. The van der Waals surface area contributed by atoms with Gasteiger partial charge in [0, 0.05) is 31.5 Å². The van der Waals surface area contributed by atoms with E-state index in [1.165, 1.54) is 5.56 Å². The van der Waals surface area contributed by atoms with E-state index in [1.54, 1.807) is 35.3 Å². The smallest absolute Gasteiger partial charge is 0.185 e. The number of thioether (sulfide) groups is 1. The Morgan fingerprint density at radius 1 is 1.56 bits per heavy atom. The summed E-state index contributed by atoms with van der Waals surface area (Å²) in [6.45, 7) is 1.78. The van der Waals surface area contributed by atoms with Crippen LogP contribution in [0.5, 0.6) is 0 Å². The molecule has 0 amide bonds. The minimum absolute atomic E-state index is 0.843. The van der Waals surface area contributed by atoms with Gasteiger partial charge in [-0.3, -0.25) is 0 Å². The first-order valence-corrected chi connectivity index (χ1v) is 6.03. The minimum atomic E-state index is 0.843. The molecule has 0 aliphatic rings. The Bertz CT molecular complexity index is 412. The maximum absolute atomic E-state index is 4.98. The Labute approximate surface area is 98.2 Å². The second-order valence-electron chi connectivity index (χ2n) is 3.32. The minimum Gasteiger partial charge on any atom is -0.472 e. The third kappa shape index (κ3) is 3.11. The van der Waals surface area contributed by atoms with Crippen molar-refractivity contribution in [3.8, 4) is 0 Å². The third-order valence-electron chi connectivity index (χ3n) is 2.09. The molecule has 0 fully saturated rings. The normalized spacial score (nSPS) is 10.8. The highest BCUT2D eigenvalue weighted by molar-refractivity contribution is 7.99. The predicted molar refractivity (Wildman–Crippen MR) is 62.1 cm³/mol. The lowest BCUT2D eigenvalue weighted by Gasteiger charge is -2.02. The number of aryl methyl sites for hydroxylation is 1. The first-order chi connectivity index (χ1) is 7.86. The molecule has 0 saturated heterocycles. The van der Waals surface area contributed by atoms with Crippen molar-refractivity contribution in [1.82, 2.24) is 20.1 Å². The topological polar surface area (TPSA) is 55.9 Å². The average Bonchev–Trinajstić information content (AvgIpc) is 2.90. The molecule has 0 aliphatic heterocycles. The summed E-state index contributed by atoms with van der Waals surface area (Å²) < 4.78 is 6.76. The predicted octanol–water partition coefficient (Wildman–Crippen LogP) is 1.29. The summed E-state index contributed by atoms with van der Waals surface area (Å²) >= 11 is 1.69. The molecule has 0 saturated carbocycles. The van der Waals surface area contributed by atoms with Gasteiger partial charge in [0.05, 0.1) is 12.5 Å². The van der Waals surface area contributed by atoms with Gasteiger partial charge in [-0.15, -0.1) is 0 Å². The van der Waals surface area contributed by atoms with Crippen LogP contribution in [0.1, 0.15) is 5.56 Å². The van der Waals surface area contributed by atoms with Crippen molar-refractivity contribution in [2.75, 3.05) is 12.3 Å². The molecular weight excluding hydrogens is 224 g/mol. The lowest BCUT2D eigenvalue weighted by atomic mass is 10.3. The van der Waals surface area contributed by atoms with Gasteiger partial charge in [-0.05, 0) is 6.07 Å².